The minimum atomic E-state index is 0.130. The molecule has 16 heavy (non-hydrogen) atoms. The average molecular weight is 239 g/mol. The maximum Gasteiger partial charge on any atom is 0.0431 e. The highest BCUT2D eigenvalue weighted by Gasteiger charge is 2.25. The van der Waals surface area contributed by atoms with Crippen LogP contribution >= 0.6 is 11.6 Å². The molecule has 2 rings (SSSR count). The highest BCUT2D eigenvalue weighted by atomic mass is 35.5. The number of hydrogen-bond acceptors (Lipinski definition) is 2. The number of fused-ring (bicyclic) bond motifs is 1. The molecule has 0 saturated heterocycles. The van der Waals surface area contributed by atoms with E-state index in [1.807, 2.05) is 6.07 Å². The second-order valence-electron chi connectivity index (χ2n) is 5.27. The third kappa shape index (κ3) is 2.33. The third-order valence-corrected chi connectivity index (χ3v) is 3.21. The zero-order chi connectivity index (χ0) is 11.8. The molecule has 0 aromatic heterocycles. The molecule has 0 amide bonds. The zero-order valence-electron chi connectivity index (χ0n) is 10.2. The molecule has 0 spiro atoms. The predicted molar refractivity (Wildman–Crippen MR) is 70.3 cm³/mol. The lowest BCUT2D eigenvalue weighted by atomic mass is 10.0. The quantitative estimate of drug-likeness (QED) is 0.748. The number of halogens is 1. The number of nitrogens with one attached hydrogen (secondary N) is 1. The van der Waals surface area contributed by atoms with Gasteiger partial charge in [0.05, 0.1) is 0 Å². The summed E-state index contributed by atoms with van der Waals surface area (Å²) in [6, 6.07) is 6.16. The largest absolute Gasteiger partial charge is 0.365 e. The molecule has 1 aromatic carbocycles. The Morgan fingerprint density at radius 3 is 2.75 bits per heavy atom. The van der Waals surface area contributed by atoms with Crippen LogP contribution in [0.3, 0.4) is 0 Å². The Kier molecular flexibility index (Phi) is 3.13. The SMILES string of the molecule is CC(C)(C)N1CCNCc2ccc(Cl)cc21. The van der Waals surface area contributed by atoms with Gasteiger partial charge in [-0.3, -0.25) is 0 Å². The molecule has 0 fully saturated rings. The van der Waals surface area contributed by atoms with Crippen LogP contribution in [0.4, 0.5) is 5.69 Å². The topological polar surface area (TPSA) is 15.3 Å². The van der Waals surface area contributed by atoms with E-state index in [4.69, 9.17) is 11.6 Å². The van der Waals surface area contributed by atoms with Crippen LogP contribution in [0, 0.1) is 0 Å². The molecule has 88 valence electrons. The zero-order valence-corrected chi connectivity index (χ0v) is 10.9. The van der Waals surface area contributed by atoms with Gasteiger partial charge in [0.25, 0.3) is 0 Å². The van der Waals surface area contributed by atoms with Crippen LogP contribution < -0.4 is 10.2 Å². The van der Waals surface area contributed by atoms with Gasteiger partial charge in [-0.25, -0.2) is 0 Å². The highest BCUT2D eigenvalue weighted by Crippen LogP contribution is 2.31. The Bertz CT molecular complexity index is 382. The van der Waals surface area contributed by atoms with Gasteiger partial charge in [0.2, 0.25) is 0 Å². The molecule has 1 aliphatic heterocycles. The van der Waals surface area contributed by atoms with Crippen LogP contribution in [0.5, 0.6) is 0 Å². The third-order valence-electron chi connectivity index (χ3n) is 2.98. The summed E-state index contributed by atoms with van der Waals surface area (Å²) in [6.07, 6.45) is 0. The summed E-state index contributed by atoms with van der Waals surface area (Å²) < 4.78 is 0. The van der Waals surface area contributed by atoms with E-state index in [2.05, 4.69) is 43.1 Å². The van der Waals surface area contributed by atoms with Crippen LogP contribution in [0.1, 0.15) is 26.3 Å². The van der Waals surface area contributed by atoms with Gasteiger partial charge in [-0.1, -0.05) is 17.7 Å². The van der Waals surface area contributed by atoms with Gasteiger partial charge in [-0.05, 0) is 38.5 Å². The Morgan fingerprint density at radius 1 is 1.31 bits per heavy atom. The van der Waals surface area contributed by atoms with Crippen molar-refractivity contribution >= 4 is 17.3 Å². The number of rotatable bonds is 0. The number of nitrogens with zero attached hydrogens (tertiary/aromatic N) is 1. The fourth-order valence-corrected chi connectivity index (χ4v) is 2.34. The van der Waals surface area contributed by atoms with Gasteiger partial charge < -0.3 is 10.2 Å². The molecular formula is C13H19ClN2. The number of hydrogen-bond donors (Lipinski definition) is 1. The fraction of sp³-hybridized carbons (Fsp3) is 0.538. The van der Waals surface area contributed by atoms with Crippen molar-refractivity contribution in [1.82, 2.24) is 5.32 Å². The molecule has 0 saturated carbocycles. The number of benzene rings is 1. The Hall–Kier alpha value is -0.730. The van der Waals surface area contributed by atoms with E-state index < -0.39 is 0 Å². The van der Waals surface area contributed by atoms with Crippen molar-refractivity contribution in [2.75, 3.05) is 18.0 Å². The Balaban J connectivity index is 2.47. The lowest BCUT2D eigenvalue weighted by Crippen LogP contribution is -2.43. The summed E-state index contributed by atoms with van der Waals surface area (Å²) in [7, 11) is 0. The molecule has 1 aromatic rings. The van der Waals surface area contributed by atoms with E-state index in [1.165, 1.54) is 11.3 Å². The first-order valence-electron chi connectivity index (χ1n) is 5.75. The first kappa shape index (κ1) is 11.7. The maximum absolute atomic E-state index is 6.10. The van der Waals surface area contributed by atoms with E-state index in [1.54, 1.807) is 0 Å². The van der Waals surface area contributed by atoms with Crippen LogP contribution in [-0.4, -0.2) is 18.6 Å². The molecular weight excluding hydrogens is 220 g/mol. The minimum absolute atomic E-state index is 0.130. The van der Waals surface area contributed by atoms with Gasteiger partial charge in [0.1, 0.15) is 0 Å². The van der Waals surface area contributed by atoms with Crippen molar-refractivity contribution < 1.29 is 0 Å². The van der Waals surface area contributed by atoms with Crippen molar-refractivity contribution in [2.24, 2.45) is 0 Å². The predicted octanol–water partition coefficient (Wildman–Crippen LogP) is 3.05. The lowest BCUT2D eigenvalue weighted by molar-refractivity contribution is 0.502. The van der Waals surface area contributed by atoms with Crippen molar-refractivity contribution in [3.05, 3.63) is 28.8 Å². The number of anilines is 1. The Labute approximate surface area is 103 Å². The summed E-state index contributed by atoms with van der Waals surface area (Å²) in [4.78, 5) is 2.42. The van der Waals surface area contributed by atoms with Gasteiger partial charge in [-0.15, -0.1) is 0 Å². The molecule has 1 heterocycles. The minimum Gasteiger partial charge on any atom is -0.365 e. The molecule has 3 heteroatoms. The second kappa shape index (κ2) is 4.27. The molecule has 0 atom stereocenters. The van der Waals surface area contributed by atoms with Gasteiger partial charge in [0.15, 0.2) is 0 Å². The smallest absolute Gasteiger partial charge is 0.0431 e. The molecule has 1 N–H and O–H groups in total. The molecule has 1 aliphatic rings. The molecule has 2 nitrogen and oxygen atoms in total. The van der Waals surface area contributed by atoms with E-state index in [9.17, 15) is 0 Å². The Morgan fingerprint density at radius 2 is 2.06 bits per heavy atom. The second-order valence-corrected chi connectivity index (χ2v) is 5.71. The van der Waals surface area contributed by atoms with Crippen molar-refractivity contribution in [3.8, 4) is 0 Å². The molecule has 0 radical (unpaired) electrons. The summed E-state index contributed by atoms with van der Waals surface area (Å²) in [5, 5.41) is 4.25. The van der Waals surface area contributed by atoms with E-state index in [-0.39, 0.29) is 5.54 Å². The summed E-state index contributed by atoms with van der Waals surface area (Å²) in [5.41, 5.74) is 2.73. The van der Waals surface area contributed by atoms with Crippen molar-refractivity contribution in [2.45, 2.75) is 32.9 Å². The van der Waals surface area contributed by atoms with Crippen molar-refractivity contribution in [1.29, 1.82) is 0 Å². The van der Waals surface area contributed by atoms with Gasteiger partial charge in [0, 0.05) is 35.9 Å². The standard InChI is InChI=1S/C13H19ClN2/c1-13(2,3)16-7-6-15-9-10-4-5-11(14)8-12(10)16/h4-5,8,15H,6-7,9H2,1-3H3. The van der Waals surface area contributed by atoms with Crippen LogP contribution in [0.25, 0.3) is 0 Å². The average Bonchev–Trinajstić information content (AvgIpc) is 2.38. The summed E-state index contributed by atoms with van der Waals surface area (Å²) >= 11 is 6.10. The van der Waals surface area contributed by atoms with E-state index >= 15 is 0 Å². The first-order chi connectivity index (χ1) is 7.48. The summed E-state index contributed by atoms with van der Waals surface area (Å²) in [6.45, 7) is 9.69. The van der Waals surface area contributed by atoms with Gasteiger partial charge in [-0.2, -0.15) is 0 Å². The maximum atomic E-state index is 6.10. The van der Waals surface area contributed by atoms with Crippen LogP contribution in [0.15, 0.2) is 18.2 Å². The van der Waals surface area contributed by atoms with Gasteiger partial charge >= 0.3 is 0 Å². The van der Waals surface area contributed by atoms with E-state index in [0.29, 0.717) is 0 Å². The van der Waals surface area contributed by atoms with Crippen molar-refractivity contribution in [3.63, 3.8) is 0 Å². The molecule has 0 unspecified atom stereocenters. The lowest BCUT2D eigenvalue weighted by Gasteiger charge is -2.37. The summed E-state index contributed by atoms with van der Waals surface area (Å²) in [5.74, 6) is 0. The molecule has 0 bridgehead atoms. The van der Waals surface area contributed by atoms with E-state index in [0.717, 1.165) is 24.7 Å². The highest BCUT2D eigenvalue weighted by molar-refractivity contribution is 6.30. The fourth-order valence-electron chi connectivity index (χ4n) is 2.17. The van der Waals surface area contributed by atoms with Crippen LogP contribution in [-0.2, 0) is 6.54 Å². The monoisotopic (exact) mass is 238 g/mol. The normalized spacial score (nSPS) is 16.9. The van der Waals surface area contributed by atoms with Crippen LogP contribution in [0.2, 0.25) is 5.02 Å². The first-order valence-corrected chi connectivity index (χ1v) is 6.13. The molecule has 0 aliphatic carbocycles.